The van der Waals surface area contributed by atoms with Crippen LogP contribution in [0.1, 0.15) is 56.2 Å². The average Bonchev–Trinajstić information content (AvgIpc) is 3.50. The summed E-state index contributed by atoms with van der Waals surface area (Å²) in [6, 6.07) is 34.1. The standard InChI is InChI=1S/C34H36N2/c1-4-35(5-2)27-16-18-30-31-19-17-29(24-33(31)34(32(30)23-27)20-9-10-21-34)36(26-13-7-6-8-14-26)28-15-11-12-25(3)22-28/h6-8,11-19,22-24H,4-5,9-10,20-21H2,1-3H3. The number of nitrogens with zero attached hydrogens (tertiary/aromatic N) is 2. The van der Waals surface area contributed by atoms with Gasteiger partial charge in [-0.25, -0.2) is 0 Å². The van der Waals surface area contributed by atoms with E-state index in [9.17, 15) is 0 Å². The predicted octanol–water partition coefficient (Wildman–Crippen LogP) is 9.15. The molecule has 0 heterocycles. The van der Waals surface area contributed by atoms with Gasteiger partial charge in [-0.05, 0) is 110 Å². The summed E-state index contributed by atoms with van der Waals surface area (Å²) >= 11 is 0. The van der Waals surface area contributed by atoms with Crippen molar-refractivity contribution in [2.45, 2.75) is 51.9 Å². The molecule has 2 nitrogen and oxygen atoms in total. The smallest absolute Gasteiger partial charge is 0.0465 e. The lowest BCUT2D eigenvalue weighted by Crippen LogP contribution is -2.24. The van der Waals surface area contributed by atoms with Crippen LogP contribution >= 0.6 is 0 Å². The maximum Gasteiger partial charge on any atom is 0.0465 e. The van der Waals surface area contributed by atoms with Crippen molar-refractivity contribution >= 4 is 22.7 Å². The lowest BCUT2D eigenvalue weighted by molar-refractivity contribution is 0.550. The number of benzene rings is 4. The number of hydrogen-bond acceptors (Lipinski definition) is 2. The molecule has 0 aliphatic heterocycles. The molecule has 1 spiro atoms. The lowest BCUT2D eigenvalue weighted by Gasteiger charge is -2.30. The molecule has 4 aromatic rings. The Morgan fingerprint density at radius 3 is 1.83 bits per heavy atom. The van der Waals surface area contributed by atoms with Crippen LogP contribution in [0.15, 0.2) is 91.0 Å². The minimum atomic E-state index is 0.138. The van der Waals surface area contributed by atoms with Gasteiger partial charge in [0.1, 0.15) is 0 Å². The van der Waals surface area contributed by atoms with Crippen LogP contribution < -0.4 is 9.80 Å². The van der Waals surface area contributed by atoms with Gasteiger partial charge < -0.3 is 9.80 Å². The molecule has 2 aliphatic carbocycles. The molecule has 2 aliphatic rings. The van der Waals surface area contributed by atoms with Crippen LogP contribution in [0.3, 0.4) is 0 Å². The van der Waals surface area contributed by atoms with Crippen molar-refractivity contribution in [2.24, 2.45) is 0 Å². The number of para-hydroxylation sites is 1. The lowest BCUT2D eigenvalue weighted by atomic mass is 9.76. The topological polar surface area (TPSA) is 6.48 Å². The maximum absolute atomic E-state index is 2.52. The molecular formula is C34H36N2. The van der Waals surface area contributed by atoms with E-state index in [0.717, 1.165) is 13.1 Å². The number of hydrogen-bond donors (Lipinski definition) is 0. The van der Waals surface area contributed by atoms with Crippen LogP contribution in [-0.4, -0.2) is 13.1 Å². The molecule has 0 aromatic heterocycles. The Hall–Kier alpha value is -3.52. The first-order valence-electron chi connectivity index (χ1n) is 13.6. The van der Waals surface area contributed by atoms with Crippen LogP contribution in [0, 0.1) is 6.92 Å². The summed E-state index contributed by atoms with van der Waals surface area (Å²) in [6.45, 7) is 8.77. The highest BCUT2D eigenvalue weighted by molar-refractivity contribution is 5.87. The third-order valence-corrected chi connectivity index (χ3v) is 8.45. The van der Waals surface area contributed by atoms with E-state index in [1.54, 1.807) is 5.56 Å². The third-order valence-electron chi connectivity index (χ3n) is 8.45. The first-order valence-corrected chi connectivity index (χ1v) is 13.6. The van der Waals surface area contributed by atoms with Gasteiger partial charge in [0, 0.05) is 41.3 Å². The fourth-order valence-electron chi connectivity index (χ4n) is 6.70. The quantitative estimate of drug-likeness (QED) is 0.276. The van der Waals surface area contributed by atoms with Crippen molar-refractivity contribution in [3.8, 4) is 11.1 Å². The van der Waals surface area contributed by atoms with Crippen molar-refractivity contribution in [1.29, 1.82) is 0 Å². The summed E-state index contributed by atoms with van der Waals surface area (Å²) in [6.07, 6.45) is 5.10. The highest BCUT2D eigenvalue weighted by Gasteiger charge is 2.45. The van der Waals surface area contributed by atoms with Gasteiger partial charge in [-0.3, -0.25) is 0 Å². The van der Waals surface area contributed by atoms with Gasteiger partial charge in [0.2, 0.25) is 0 Å². The normalized spacial score (nSPS) is 15.1. The summed E-state index contributed by atoms with van der Waals surface area (Å²) < 4.78 is 0. The number of rotatable bonds is 6. The zero-order valence-electron chi connectivity index (χ0n) is 21.8. The molecule has 0 saturated heterocycles. The molecule has 36 heavy (non-hydrogen) atoms. The van der Waals surface area contributed by atoms with Crippen LogP contribution in [0.5, 0.6) is 0 Å². The Morgan fingerprint density at radius 2 is 1.19 bits per heavy atom. The minimum absolute atomic E-state index is 0.138. The SMILES string of the molecule is CCN(CC)c1ccc2c(c1)C1(CCCC1)c1cc(N(c3ccccc3)c3cccc(C)c3)ccc1-2. The van der Waals surface area contributed by atoms with E-state index in [2.05, 4.69) is 122 Å². The van der Waals surface area contributed by atoms with E-state index in [-0.39, 0.29) is 5.41 Å². The van der Waals surface area contributed by atoms with E-state index >= 15 is 0 Å². The van der Waals surface area contributed by atoms with Gasteiger partial charge in [-0.2, -0.15) is 0 Å². The molecule has 4 aromatic carbocycles. The summed E-state index contributed by atoms with van der Waals surface area (Å²) in [5, 5.41) is 0. The zero-order chi connectivity index (χ0) is 24.7. The van der Waals surface area contributed by atoms with Crippen LogP contribution in [-0.2, 0) is 5.41 Å². The zero-order valence-corrected chi connectivity index (χ0v) is 21.8. The van der Waals surface area contributed by atoms with Crippen molar-refractivity contribution in [3.05, 3.63) is 108 Å². The van der Waals surface area contributed by atoms with Crippen LogP contribution in [0.2, 0.25) is 0 Å². The van der Waals surface area contributed by atoms with E-state index in [1.807, 2.05) is 0 Å². The Morgan fingerprint density at radius 1 is 0.611 bits per heavy atom. The first-order chi connectivity index (χ1) is 17.6. The summed E-state index contributed by atoms with van der Waals surface area (Å²) in [4.78, 5) is 4.90. The average molecular weight is 473 g/mol. The highest BCUT2D eigenvalue weighted by Crippen LogP contribution is 2.58. The first kappa shape index (κ1) is 22.9. The second-order valence-electron chi connectivity index (χ2n) is 10.4. The molecule has 0 atom stereocenters. The molecule has 0 amide bonds. The minimum Gasteiger partial charge on any atom is -0.372 e. The maximum atomic E-state index is 2.52. The van der Waals surface area contributed by atoms with E-state index in [4.69, 9.17) is 0 Å². The Bertz CT molecular complexity index is 1380. The number of anilines is 4. The summed E-state index contributed by atoms with van der Waals surface area (Å²) in [5.74, 6) is 0. The molecule has 1 saturated carbocycles. The molecule has 2 heteroatoms. The fraction of sp³-hybridized carbons (Fsp3) is 0.294. The molecule has 0 N–H and O–H groups in total. The summed E-state index contributed by atoms with van der Waals surface area (Å²) in [5.41, 5.74) is 12.4. The number of fused-ring (bicyclic) bond motifs is 5. The second-order valence-corrected chi connectivity index (χ2v) is 10.4. The van der Waals surface area contributed by atoms with E-state index < -0.39 is 0 Å². The van der Waals surface area contributed by atoms with Gasteiger partial charge in [0.25, 0.3) is 0 Å². The molecule has 1 fully saturated rings. The van der Waals surface area contributed by atoms with E-state index in [1.165, 1.54) is 70.7 Å². The monoisotopic (exact) mass is 472 g/mol. The van der Waals surface area contributed by atoms with Gasteiger partial charge in [-0.15, -0.1) is 0 Å². The fourth-order valence-corrected chi connectivity index (χ4v) is 6.70. The number of aryl methyl sites for hydroxylation is 1. The van der Waals surface area contributed by atoms with Gasteiger partial charge >= 0.3 is 0 Å². The highest BCUT2D eigenvalue weighted by atomic mass is 15.1. The van der Waals surface area contributed by atoms with Crippen molar-refractivity contribution in [1.82, 2.24) is 0 Å². The Labute approximate surface area is 216 Å². The Kier molecular flexibility index (Phi) is 5.84. The predicted molar refractivity (Wildman–Crippen MR) is 154 cm³/mol. The van der Waals surface area contributed by atoms with Crippen molar-refractivity contribution in [3.63, 3.8) is 0 Å². The Balaban J connectivity index is 1.52. The van der Waals surface area contributed by atoms with Gasteiger partial charge in [0.15, 0.2) is 0 Å². The molecular weight excluding hydrogens is 436 g/mol. The van der Waals surface area contributed by atoms with Crippen LogP contribution in [0.25, 0.3) is 11.1 Å². The molecule has 182 valence electrons. The largest absolute Gasteiger partial charge is 0.372 e. The van der Waals surface area contributed by atoms with Crippen molar-refractivity contribution in [2.75, 3.05) is 22.9 Å². The molecule has 0 bridgehead atoms. The second kappa shape index (κ2) is 9.17. The van der Waals surface area contributed by atoms with Crippen molar-refractivity contribution < 1.29 is 0 Å². The van der Waals surface area contributed by atoms with E-state index in [0.29, 0.717) is 0 Å². The molecule has 6 rings (SSSR count). The molecule has 0 radical (unpaired) electrons. The molecule has 0 unspecified atom stereocenters. The third kappa shape index (κ3) is 3.63. The summed E-state index contributed by atoms with van der Waals surface area (Å²) in [7, 11) is 0. The van der Waals surface area contributed by atoms with Crippen LogP contribution in [0.4, 0.5) is 22.7 Å². The van der Waals surface area contributed by atoms with Gasteiger partial charge in [0.05, 0.1) is 0 Å². The van der Waals surface area contributed by atoms with Gasteiger partial charge in [-0.1, -0.05) is 55.3 Å².